The number of hydrogen-bond donors (Lipinski definition) is 1. The quantitative estimate of drug-likeness (QED) is 0.355. The molecule has 0 aliphatic carbocycles. The molecule has 0 aromatic carbocycles. The van der Waals surface area contributed by atoms with Crippen LogP contribution in [0.1, 0.15) is 32.6 Å². The van der Waals surface area contributed by atoms with Crippen LogP contribution in [0, 0.1) is 0 Å². The van der Waals surface area contributed by atoms with Crippen LogP contribution in [-0.2, 0) is 9.53 Å². The molecule has 3 nitrogen and oxygen atoms in total. The molecule has 0 rings (SSSR count). The first-order valence-electron chi connectivity index (χ1n) is 4.74. The van der Waals surface area contributed by atoms with Gasteiger partial charge in [-0.25, -0.2) is 4.79 Å². The maximum Gasteiger partial charge on any atom is 0.336 e. The van der Waals surface area contributed by atoms with Gasteiger partial charge in [-0.2, -0.15) is 0 Å². The van der Waals surface area contributed by atoms with E-state index in [-0.39, 0.29) is 0 Å². The number of hydrogen-bond acceptors (Lipinski definition) is 3. The van der Waals surface area contributed by atoms with Crippen LogP contribution in [0.3, 0.4) is 0 Å². The van der Waals surface area contributed by atoms with E-state index in [1.807, 2.05) is 22.6 Å². The Morgan fingerprint density at radius 1 is 1.57 bits per heavy atom. The minimum atomic E-state index is -0.689. The average Bonchev–Trinajstić information content (AvgIpc) is 2.19. The van der Waals surface area contributed by atoms with E-state index in [1.54, 1.807) is 4.08 Å². The van der Waals surface area contributed by atoms with Gasteiger partial charge in [0.05, 0.1) is 18.8 Å². The zero-order valence-electron chi connectivity index (χ0n) is 8.62. The number of ether oxygens (including phenoxy) is 1. The number of carbonyl (C=O) groups is 1. The molecule has 1 unspecified atom stereocenters. The van der Waals surface area contributed by atoms with Gasteiger partial charge < -0.3 is 9.84 Å². The monoisotopic (exact) mass is 312 g/mol. The smallest absolute Gasteiger partial charge is 0.336 e. The van der Waals surface area contributed by atoms with Gasteiger partial charge in [-0.3, -0.25) is 0 Å². The Kier molecular flexibility index (Phi) is 8.17. The highest BCUT2D eigenvalue weighted by Crippen LogP contribution is 2.14. The summed E-state index contributed by atoms with van der Waals surface area (Å²) >= 11 is 1.94. The first-order valence-corrected chi connectivity index (χ1v) is 5.98. The molecule has 0 aliphatic rings. The Balaban J connectivity index is 4.06. The van der Waals surface area contributed by atoms with Crippen LogP contribution in [0.15, 0.2) is 9.66 Å². The SMILES string of the molecule is CCCCCC(O)/C(=C/I)C(=O)OC. The van der Waals surface area contributed by atoms with E-state index in [2.05, 4.69) is 11.7 Å². The summed E-state index contributed by atoms with van der Waals surface area (Å²) < 4.78 is 6.14. The Hall–Kier alpha value is -0.100. The van der Waals surface area contributed by atoms with Crippen LogP contribution in [0.2, 0.25) is 0 Å². The van der Waals surface area contributed by atoms with E-state index in [1.165, 1.54) is 7.11 Å². The molecule has 0 aromatic rings. The fraction of sp³-hybridized carbons (Fsp3) is 0.700. The lowest BCUT2D eigenvalue weighted by Crippen LogP contribution is -2.18. The van der Waals surface area contributed by atoms with Gasteiger partial charge in [0.2, 0.25) is 0 Å². The Labute approximate surface area is 98.7 Å². The fourth-order valence-corrected chi connectivity index (χ4v) is 1.78. The lowest BCUT2D eigenvalue weighted by atomic mass is 10.0. The standard InChI is InChI=1S/C10H17IO3/c1-3-4-5-6-9(12)8(7-11)10(13)14-2/h7,9,12H,3-6H2,1-2H3/b8-7-. The van der Waals surface area contributed by atoms with Crippen molar-refractivity contribution in [2.75, 3.05) is 7.11 Å². The minimum Gasteiger partial charge on any atom is -0.466 e. The van der Waals surface area contributed by atoms with Crippen LogP contribution in [-0.4, -0.2) is 24.3 Å². The molecule has 82 valence electrons. The van der Waals surface area contributed by atoms with E-state index in [4.69, 9.17) is 0 Å². The molecule has 1 N–H and O–H groups in total. The number of unbranched alkanes of at least 4 members (excludes halogenated alkanes) is 2. The Morgan fingerprint density at radius 2 is 2.21 bits per heavy atom. The lowest BCUT2D eigenvalue weighted by Gasteiger charge is -2.11. The van der Waals surface area contributed by atoms with Gasteiger partial charge in [0, 0.05) is 0 Å². The van der Waals surface area contributed by atoms with E-state index in [9.17, 15) is 9.90 Å². The van der Waals surface area contributed by atoms with Crippen LogP contribution in [0.5, 0.6) is 0 Å². The third-order valence-electron chi connectivity index (χ3n) is 1.98. The molecule has 0 bridgehead atoms. The van der Waals surface area contributed by atoms with Gasteiger partial charge in [-0.1, -0.05) is 48.8 Å². The zero-order chi connectivity index (χ0) is 11.0. The molecule has 0 radical (unpaired) electrons. The van der Waals surface area contributed by atoms with Gasteiger partial charge >= 0.3 is 5.97 Å². The van der Waals surface area contributed by atoms with E-state index in [0.29, 0.717) is 12.0 Å². The van der Waals surface area contributed by atoms with Crippen LogP contribution < -0.4 is 0 Å². The van der Waals surface area contributed by atoms with Crippen molar-refractivity contribution in [3.63, 3.8) is 0 Å². The van der Waals surface area contributed by atoms with E-state index < -0.39 is 12.1 Å². The summed E-state index contributed by atoms with van der Waals surface area (Å²) in [5.74, 6) is -0.441. The van der Waals surface area contributed by atoms with Gasteiger partial charge in [0.1, 0.15) is 0 Å². The summed E-state index contributed by atoms with van der Waals surface area (Å²) in [7, 11) is 1.32. The van der Waals surface area contributed by atoms with Crippen LogP contribution in [0.25, 0.3) is 0 Å². The predicted molar refractivity (Wildman–Crippen MR) is 64.3 cm³/mol. The molecular weight excluding hydrogens is 295 g/mol. The minimum absolute atomic E-state index is 0.351. The van der Waals surface area contributed by atoms with Crippen molar-refractivity contribution in [1.29, 1.82) is 0 Å². The number of aliphatic hydroxyl groups excluding tert-OH is 1. The molecule has 0 saturated carbocycles. The summed E-state index contributed by atoms with van der Waals surface area (Å²) in [6.45, 7) is 2.10. The fourth-order valence-electron chi connectivity index (χ4n) is 1.11. The average molecular weight is 312 g/mol. The number of carbonyl (C=O) groups excluding carboxylic acids is 1. The summed E-state index contributed by atoms with van der Waals surface area (Å²) in [5, 5.41) is 9.66. The maximum absolute atomic E-state index is 11.2. The summed E-state index contributed by atoms with van der Waals surface area (Å²) in [6, 6.07) is 0. The Bertz CT molecular complexity index is 202. The summed E-state index contributed by atoms with van der Waals surface area (Å²) in [4.78, 5) is 11.2. The lowest BCUT2D eigenvalue weighted by molar-refractivity contribution is -0.137. The van der Waals surface area contributed by atoms with Gasteiger partial charge in [0.25, 0.3) is 0 Å². The molecule has 14 heavy (non-hydrogen) atoms. The zero-order valence-corrected chi connectivity index (χ0v) is 10.8. The van der Waals surface area contributed by atoms with E-state index in [0.717, 1.165) is 19.3 Å². The van der Waals surface area contributed by atoms with Crippen molar-refractivity contribution >= 4 is 28.6 Å². The summed E-state index contributed by atoms with van der Waals surface area (Å²) in [5.41, 5.74) is 0.351. The molecular formula is C10H17IO3. The third-order valence-corrected chi connectivity index (χ3v) is 2.65. The number of esters is 1. The van der Waals surface area contributed by atoms with Crippen molar-refractivity contribution in [3.8, 4) is 0 Å². The molecule has 0 fully saturated rings. The molecule has 0 aromatic heterocycles. The second-order valence-corrected chi connectivity index (χ2v) is 3.69. The van der Waals surface area contributed by atoms with Gasteiger partial charge in [-0.05, 0) is 10.5 Å². The Morgan fingerprint density at radius 3 is 2.64 bits per heavy atom. The van der Waals surface area contributed by atoms with Crippen molar-refractivity contribution < 1.29 is 14.6 Å². The van der Waals surface area contributed by atoms with Crippen molar-refractivity contribution in [1.82, 2.24) is 0 Å². The molecule has 4 heteroatoms. The number of aliphatic hydroxyl groups is 1. The molecule has 0 saturated heterocycles. The topological polar surface area (TPSA) is 46.5 Å². The van der Waals surface area contributed by atoms with E-state index >= 15 is 0 Å². The molecule has 0 aliphatic heterocycles. The summed E-state index contributed by atoms with van der Waals surface area (Å²) in [6.07, 6.45) is 3.05. The molecule has 0 amide bonds. The normalized spacial score (nSPS) is 13.9. The number of methoxy groups -OCH3 is 1. The number of rotatable bonds is 6. The first-order chi connectivity index (χ1) is 6.67. The highest BCUT2D eigenvalue weighted by molar-refractivity contribution is 14.1. The maximum atomic E-state index is 11.2. The molecule has 0 heterocycles. The highest BCUT2D eigenvalue weighted by Gasteiger charge is 2.18. The highest BCUT2D eigenvalue weighted by atomic mass is 127. The predicted octanol–water partition coefficient (Wildman–Crippen LogP) is 2.42. The first kappa shape index (κ1) is 13.9. The second kappa shape index (κ2) is 8.23. The largest absolute Gasteiger partial charge is 0.466 e. The number of halogens is 1. The van der Waals surface area contributed by atoms with Crippen LogP contribution in [0.4, 0.5) is 0 Å². The van der Waals surface area contributed by atoms with Gasteiger partial charge in [0.15, 0.2) is 0 Å². The van der Waals surface area contributed by atoms with Crippen molar-refractivity contribution in [2.45, 2.75) is 38.7 Å². The van der Waals surface area contributed by atoms with Gasteiger partial charge in [-0.15, -0.1) is 0 Å². The second-order valence-electron chi connectivity index (χ2n) is 3.07. The molecule has 0 spiro atoms. The van der Waals surface area contributed by atoms with Crippen molar-refractivity contribution in [2.24, 2.45) is 0 Å². The van der Waals surface area contributed by atoms with Crippen molar-refractivity contribution in [3.05, 3.63) is 9.66 Å². The molecule has 1 atom stereocenters. The van der Waals surface area contributed by atoms with Crippen LogP contribution >= 0.6 is 22.6 Å². The third kappa shape index (κ3) is 4.95.